The van der Waals surface area contributed by atoms with E-state index in [1.165, 1.54) is 45.2 Å². The van der Waals surface area contributed by atoms with E-state index in [0.29, 0.717) is 5.92 Å². The molecule has 2 aromatic rings. The van der Waals surface area contributed by atoms with Crippen LogP contribution >= 0.6 is 0 Å². The molecule has 0 amide bonds. The van der Waals surface area contributed by atoms with Crippen molar-refractivity contribution in [3.8, 4) is 11.4 Å². The van der Waals surface area contributed by atoms with Crippen LogP contribution in [0.15, 0.2) is 36.9 Å². The van der Waals surface area contributed by atoms with Gasteiger partial charge in [0, 0.05) is 17.6 Å². The Balaban J connectivity index is 1.37. The van der Waals surface area contributed by atoms with Gasteiger partial charge in [0.15, 0.2) is 0 Å². The van der Waals surface area contributed by atoms with Crippen LogP contribution in [0.1, 0.15) is 32.1 Å². The minimum atomic E-state index is 0.682. The zero-order chi connectivity index (χ0) is 15.5. The van der Waals surface area contributed by atoms with Crippen molar-refractivity contribution in [3.05, 3.63) is 36.9 Å². The molecule has 1 aromatic heterocycles. The normalized spacial score (nSPS) is 25.0. The van der Waals surface area contributed by atoms with Gasteiger partial charge in [-0.25, -0.2) is 0 Å². The molecule has 2 aliphatic heterocycles. The maximum absolute atomic E-state index is 6.10. The van der Waals surface area contributed by atoms with Crippen LogP contribution in [0.4, 0.5) is 0 Å². The van der Waals surface area contributed by atoms with Crippen molar-refractivity contribution in [2.24, 2.45) is 5.92 Å². The Bertz CT molecular complexity index is 608. The molecule has 0 bridgehead atoms. The van der Waals surface area contributed by atoms with Crippen molar-refractivity contribution in [2.75, 3.05) is 19.7 Å². The Morgan fingerprint density at radius 3 is 2.57 bits per heavy atom. The second-order valence-corrected chi connectivity index (χ2v) is 6.68. The molecule has 3 heterocycles. The highest BCUT2D eigenvalue weighted by Crippen LogP contribution is 2.31. The molecule has 2 fully saturated rings. The second-order valence-electron chi connectivity index (χ2n) is 6.68. The molecule has 0 N–H and O–H groups in total. The average molecular weight is 312 g/mol. The van der Waals surface area contributed by atoms with Gasteiger partial charge in [0.25, 0.3) is 0 Å². The average Bonchev–Trinajstić information content (AvgIpc) is 3.15. The first-order valence-corrected chi connectivity index (χ1v) is 8.72. The number of nitrogens with zero attached hydrogens (tertiary/aromatic N) is 4. The van der Waals surface area contributed by atoms with Gasteiger partial charge in [0.2, 0.25) is 0 Å². The first-order valence-electron chi connectivity index (χ1n) is 8.72. The summed E-state index contributed by atoms with van der Waals surface area (Å²) in [5, 5.41) is 7.67. The van der Waals surface area contributed by atoms with Gasteiger partial charge >= 0.3 is 0 Å². The smallest absolute Gasteiger partial charge is 0.123 e. The summed E-state index contributed by atoms with van der Waals surface area (Å²) in [6.07, 6.45) is 10.1. The number of hydrogen-bond donors (Lipinski definition) is 0. The van der Waals surface area contributed by atoms with Gasteiger partial charge in [-0.1, -0.05) is 6.42 Å². The van der Waals surface area contributed by atoms with E-state index < -0.39 is 0 Å². The molecule has 5 heteroatoms. The van der Waals surface area contributed by atoms with Crippen molar-refractivity contribution in [2.45, 2.75) is 38.1 Å². The van der Waals surface area contributed by atoms with Crippen molar-refractivity contribution >= 4 is 0 Å². The molecule has 0 aliphatic carbocycles. The van der Waals surface area contributed by atoms with Crippen LogP contribution in [0.2, 0.25) is 0 Å². The van der Waals surface area contributed by atoms with Crippen LogP contribution in [0.3, 0.4) is 0 Å². The van der Waals surface area contributed by atoms with Crippen LogP contribution in [-0.2, 0) is 0 Å². The van der Waals surface area contributed by atoms with Gasteiger partial charge < -0.3 is 4.74 Å². The standard InChI is InChI=1S/C18H24N4O/c1-2-10-21-11-3-4-15(18(21)5-1)12-23-17-8-6-16(7-9-17)22-13-19-20-14-22/h6-9,13-15,18H,1-5,10-12H2/t15-,18+/m0/s1. The van der Waals surface area contributed by atoms with E-state index in [4.69, 9.17) is 4.74 Å². The lowest BCUT2D eigenvalue weighted by Gasteiger charge is -2.44. The predicted molar refractivity (Wildman–Crippen MR) is 88.8 cm³/mol. The number of aromatic nitrogens is 3. The fourth-order valence-electron chi connectivity index (χ4n) is 4.02. The topological polar surface area (TPSA) is 43.2 Å². The highest BCUT2D eigenvalue weighted by atomic mass is 16.5. The van der Waals surface area contributed by atoms with E-state index >= 15 is 0 Å². The molecule has 23 heavy (non-hydrogen) atoms. The van der Waals surface area contributed by atoms with Gasteiger partial charge in [-0.3, -0.25) is 9.47 Å². The lowest BCUT2D eigenvalue weighted by atomic mass is 9.84. The number of benzene rings is 1. The Morgan fingerprint density at radius 2 is 1.74 bits per heavy atom. The van der Waals surface area contributed by atoms with E-state index in [0.717, 1.165) is 24.1 Å². The third-order valence-electron chi connectivity index (χ3n) is 5.25. The van der Waals surface area contributed by atoms with Gasteiger partial charge in [-0.2, -0.15) is 0 Å². The third-order valence-corrected chi connectivity index (χ3v) is 5.25. The van der Waals surface area contributed by atoms with Crippen LogP contribution < -0.4 is 4.74 Å². The van der Waals surface area contributed by atoms with Crippen molar-refractivity contribution < 1.29 is 4.74 Å². The Hall–Kier alpha value is -1.88. The fraction of sp³-hybridized carbons (Fsp3) is 0.556. The maximum atomic E-state index is 6.10. The minimum absolute atomic E-state index is 0.682. The van der Waals surface area contributed by atoms with E-state index in [1.807, 2.05) is 28.8 Å². The quantitative estimate of drug-likeness (QED) is 0.870. The van der Waals surface area contributed by atoms with Crippen LogP contribution in [-0.4, -0.2) is 45.4 Å². The molecule has 1 aromatic carbocycles. The number of hydrogen-bond acceptors (Lipinski definition) is 4. The summed E-state index contributed by atoms with van der Waals surface area (Å²) < 4.78 is 7.99. The van der Waals surface area contributed by atoms with E-state index in [1.54, 1.807) is 12.7 Å². The summed E-state index contributed by atoms with van der Waals surface area (Å²) in [4.78, 5) is 2.69. The molecule has 0 saturated carbocycles. The molecular weight excluding hydrogens is 288 g/mol. The first kappa shape index (κ1) is 14.7. The lowest BCUT2D eigenvalue weighted by Crippen LogP contribution is -2.49. The monoisotopic (exact) mass is 312 g/mol. The molecule has 0 unspecified atom stereocenters. The van der Waals surface area contributed by atoms with Gasteiger partial charge in [0.1, 0.15) is 18.4 Å². The summed E-state index contributed by atoms with van der Waals surface area (Å²) in [6, 6.07) is 8.92. The molecule has 0 radical (unpaired) electrons. The van der Waals surface area contributed by atoms with E-state index in [-0.39, 0.29) is 0 Å². The number of rotatable bonds is 4. The molecule has 2 aliphatic rings. The molecule has 4 rings (SSSR count). The van der Waals surface area contributed by atoms with E-state index in [2.05, 4.69) is 15.1 Å². The minimum Gasteiger partial charge on any atom is -0.493 e. The zero-order valence-corrected chi connectivity index (χ0v) is 13.5. The maximum Gasteiger partial charge on any atom is 0.123 e. The number of piperidine rings is 2. The highest BCUT2D eigenvalue weighted by molar-refractivity contribution is 5.36. The third kappa shape index (κ3) is 3.24. The summed E-state index contributed by atoms with van der Waals surface area (Å²) in [5.74, 6) is 1.64. The first-order chi connectivity index (χ1) is 11.4. The zero-order valence-electron chi connectivity index (χ0n) is 13.5. The molecule has 2 saturated heterocycles. The van der Waals surface area contributed by atoms with Crippen molar-refractivity contribution in [1.82, 2.24) is 19.7 Å². The van der Waals surface area contributed by atoms with Gasteiger partial charge in [-0.15, -0.1) is 10.2 Å². The lowest BCUT2D eigenvalue weighted by molar-refractivity contribution is 0.0366. The van der Waals surface area contributed by atoms with Crippen LogP contribution in [0.5, 0.6) is 5.75 Å². The van der Waals surface area contributed by atoms with Crippen LogP contribution in [0, 0.1) is 5.92 Å². The Labute approximate surface area is 137 Å². The summed E-state index contributed by atoms with van der Waals surface area (Å²) in [6.45, 7) is 3.41. The predicted octanol–water partition coefficient (Wildman–Crippen LogP) is 2.91. The van der Waals surface area contributed by atoms with Gasteiger partial charge in [0.05, 0.1) is 6.61 Å². The van der Waals surface area contributed by atoms with E-state index in [9.17, 15) is 0 Å². The van der Waals surface area contributed by atoms with Gasteiger partial charge in [-0.05, 0) is 63.0 Å². The number of ether oxygens (including phenoxy) is 1. The second kappa shape index (κ2) is 6.71. The highest BCUT2D eigenvalue weighted by Gasteiger charge is 2.33. The summed E-state index contributed by atoms with van der Waals surface area (Å²) in [5.41, 5.74) is 1.05. The van der Waals surface area contributed by atoms with Crippen molar-refractivity contribution in [3.63, 3.8) is 0 Å². The molecule has 5 nitrogen and oxygen atoms in total. The molecule has 122 valence electrons. The number of fused-ring (bicyclic) bond motifs is 1. The Kier molecular flexibility index (Phi) is 4.28. The van der Waals surface area contributed by atoms with Crippen LogP contribution in [0.25, 0.3) is 5.69 Å². The fourth-order valence-corrected chi connectivity index (χ4v) is 4.02. The summed E-state index contributed by atoms with van der Waals surface area (Å²) in [7, 11) is 0. The largest absolute Gasteiger partial charge is 0.493 e. The Morgan fingerprint density at radius 1 is 0.957 bits per heavy atom. The van der Waals surface area contributed by atoms with Crippen molar-refractivity contribution in [1.29, 1.82) is 0 Å². The SMILES string of the molecule is c1cc(-n2cnnc2)ccc1OC[C@@H]1CCCN2CCCC[C@H]12. The molecule has 2 atom stereocenters. The molecule has 0 spiro atoms. The molecular formula is C18H24N4O. The summed E-state index contributed by atoms with van der Waals surface area (Å²) >= 11 is 0.